The molecule has 166 valence electrons. The second-order valence-corrected chi connectivity index (χ2v) is 8.85. The van der Waals surface area contributed by atoms with Crippen LogP contribution >= 0.6 is 0 Å². The number of amides is 1. The minimum Gasteiger partial charge on any atom is -0.509 e. The smallest absolute Gasteiger partial charge is 0.255 e. The molecule has 3 aliphatic carbocycles. The highest BCUT2D eigenvalue weighted by Gasteiger charge is 2.65. The number of phenols is 1. The minimum absolute atomic E-state index is 0.00859. The molecule has 1 aromatic carbocycles. The average molecular weight is 430 g/mol. The van der Waals surface area contributed by atoms with Crippen LogP contribution in [0.25, 0.3) is 0 Å². The van der Waals surface area contributed by atoms with E-state index in [1.807, 2.05) is 13.0 Å². The van der Waals surface area contributed by atoms with Crippen molar-refractivity contribution in [3.05, 3.63) is 52.0 Å². The molecule has 0 aliphatic heterocycles. The maximum Gasteiger partial charge on any atom is 0.255 e. The fraction of sp³-hybridized carbons (Fsp3) is 0.455. The van der Waals surface area contributed by atoms with Crippen molar-refractivity contribution in [1.29, 1.82) is 0 Å². The Kier molecular flexibility index (Phi) is 4.69. The second-order valence-electron chi connectivity index (χ2n) is 8.85. The van der Waals surface area contributed by atoms with Gasteiger partial charge in [-0.05, 0) is 37.2 Å². The molecule has 0 heterocycles. The van der Waals surface area contributed by atoms with E-state index in [9.17, 15) is 35.1 Å². The van der Waals surface area contributed by atoms with Crippen molar-refractivity contribution in [3.8, 4) is 5.75 Å². The number of carbonyl (C=O) groups is 2. The summed E-state index contributed by atoms with van der Waals surface area (Å²) >= 11 is 0. The lowest BCUT2D eigenvalue weighted by Crippen LogP contribution is -2.67. The van der Waals surface area contributed by atoms with Crippen LogP contribution in [0.2, 0.25) is 0 Å². The van der Waals surface area contributed by atoms with Crippen molar-refractivity contribution < 1.29 is 35.1 Å². The number of Topliss-reactive ketones (excluding diaryl/α,β-unsaturated/α-hetero) is 1. The van der Waals surface area contributed by atoms with Crippen molar-refractivity contribution in [2.75, 3.05) is 14.1 Å². The van der Waals surface area contributed by atoms with Crippen LogP contribution in [0.3, 0.4) is 0 Å². The Bertz CT molecular complexity index is 1060. The molecule has 9 heteroatoms. The number of ketones is 1. The predicted molar refractivity (Wildman–Crippen MR) is 109 cm³/mol. The van der Waals surface area contributed by atoms with Crippen LogP contribution in [0.1, 0.15) is 24.0 Å². The van der Waals surface area contributed by atoms with Crippen LogP contribution < -0.4 is 5.73 Å². The van der Waals surface area contributed by atoms with Crippen molar-refractivity contribution >= 4 is 11.7 Å². The molecule has 0 saturated carbocycles. The zero-order valence-corrected chi connectivity index (χ0v) is 17.4. The first-order valence-electron chi connectivity index (χ1n) is 10.0. The van der Waals surface area contributed by atoms with Gasteiger partial charge < -0.3 is 31.3 Å². The summed E-state index contributed by atoms with van der Waals surface area (Å²) < 4.78 is 0. The van der Waals surface area contributed by atoms with Gasteiger partial charge in [-0.25, -0.2) is 0 Å². The molecule has 4 rings (SSSR count). The van der Waals surface area contributed by atoms with E-state index in [2.05, 4.69) is 0 Å². The zero-order valence-electron chi connectivity index (χ0n) is 17.4. The third-order valence-corrected chi connectivity index (χ3v) is 7.13. The molecule has 0 spiro atoms. The van der Waals surface area contributed by atoms with Gasteiger partial charge >= 0.3 is 0 Å². The lowest BCUT2D eigenvalue weighted by atomic mass is 9.56. The quantitative estimate of drug-likeness (QED) is 0.357. The van der Waals surface area contributed by atoms with Gasteiger partial charge in [-0.1, -0.05) is 19.1 Å². The number of primary amides is 1. The van der Waals surface area contributed by atoms with Gasteiger partial charge in [0, 0.05) is 17.9 Å². The van der Waals surface area contributed by atoms with Gasteiger partial charge in [0.25, 0.3) is 5.91 Å². The predicted octanol–water partition coefficient (Wildman–Crippen LogP) is 0.0122. The first kappa shape index (κ1) is 21.4. The maximum absolute atomic E-state index is 13.0. The molecule has 1 amide bonds. The normalized spacial score (nSPS) is 35.0. The molecule has 0 aromatic heterocycles. The summed E-state index contributed by atoms with van der Waals surface area (Å²) in [4.78, 5) is 26.4. The number of phenolic OH excluding ortho intramolecular Hbond substituents is 1. The third-order valence-electron chi connectivity index (χ3n) is 7.13. The van der Waals surface area contributed by atoms with Crippen molar-refractivity contribution in [1.82, 2.24) is 4.90 Å². The summed E-state index contributed by atoms with van der Waals surface area (Å²) in [6.45, 7) is 1.82. The van der Waals surface area contributed by atoms with Gasteiger partial charge in [-0.2, -0.15) is 0 Å². The fourth-order valence-corrected chi connectivity index (χ4v) is 5.73. The number of hydrogen-bond donors (Lipinski definition) is 6. The Morgan fingerprint density at radius 1 is 1.19 bits per heavy atom. The van der Waals surface area contributed by atoms with Gasteiger partial charge in [0.05, 0.1) is 18.1 Å². The van der Waals surface area contributed by atoms with E-state index < -0.39 is 58.4 Å². The molecule has 0 bridgehead atoms. The van der Waals surface area contributed by atoms with Crippen molar-refractivity contribution in [2.45, 2.75) is 37.0 Å². The van der Waals surface area contributed by atoms with Gasteiger partial charge in [0.1, 0.15) is 22.8 Å². The molecule has 6 atom stereocenters. The molecular formula is C22H26N2O7. The fourth-order valence-electron chi connectivity index (χ4n) is 5.73. The van der Waals surface area contributed by atoms with Gasteiger partial charge in [-0.3, -0.25) is 14.5 Å². The molecule has 9 nitrogen and oxygen atoms in total. The molecule has 31 heavy (non-hydrogen) atoms. The summed E-state index contributed by atoms with van der Waals surface area (Å²) in [6, 6.07) is 3.79. The number of aromatic hydroxyl groups is 1. The molecule has 3 aliphatic rings. The SMILES string of the molecule is C[C@@H]1c2cccc(O)c2CC2=C(O)[C@]3(O)C(O)=C(C(N)=O)C(=O)[C@H](N(C)C)[C@@H]3[C@H](O)[C@H]21. The van der Waals surface area contributed by atoms with Gasteiger partial charge in [0.2, 0.25) is 0 Å². The summed E-state index contributed by atoms with van der Waals surface area (Å²) in [7, 11) is 3.06. The molecule has 1 aromatic rings. The average Bonchev–Trinajstić information content (AvgIpc) is 2.68. The number of aliphatic hydroxyl groups is 4. The number of nitrogens with zero attached hydrogens (tertiary/aromatic N) is 1. The van der Waals surface area contributed by atoms with Crippen LogP contribution in [0.5, 0.6) is 5.75 Å². The minimum atomic E-state index is -2.58. The van der Waals surface area contributed by atoms with Crippen LogP contribution in [-0.2, 0) is 16.0 Å². The summed E-state index contributed by atoms with van der Waals surface area (Å²) in [6.07, 6.45) is -1.33. The molecule has 0 saturated heterocycles. The van der Waals surface area contributed by atoms with E-state index >= 15 is 0 Å². The zero-order chi connectivity index (χ0) is 23.0. The van der Waals surface area contributed by atoms with E-state index in [4.69, 9.17) is 5.73 Å². The van der Waals surface area contributed by atoms with E-state index in [1.165, 1.54) is 25.1 Å². The van der Waals surface area contributed by atoms with Crippen LogP contribution in [0.15, 0.2) is 40.9 Å². The standard InChI is InChI=1S/C22H26N2O7/c1-8-9-5-4-6-12(25)10(9)7-11-13(8)17(26)15-16(24(2)3)18(27)14(21(23)30)20(29)22(15,31)19(11)28/h4-6,8,13,15-17,25-26,28-29,31H,7H2,1-3H3,(H2,23,30)/t8-,13+,15-,16-,17-,22+/m1/s1. The number of carbonyl (C=O) groups excluding carboxylic acids is 2. The lowest BCUT2D eigenvalue weighted by Gasteiger charge is -2.54. The summed E-state index contributed by atoms with van der Waals surface area (Å²) in [5.41, 5.74) is 3.48. The Morgan fingerprint density at radius 3 is 2.42 bits per heavy atom. The summed E-state index contributed by atoms with van der Waals surface area (Å²) in [5, 5.41) is 55.4. The molecule has 7 N–H and O–H groups in total. The number of likely N-dealkylation sites (N-methyl/N-ethyl adjacent to an activating group) is 1. The number of aliphatic hydroxyl groups excluding tert-OH is 3. The third kappa shape index (κ3) is 2.60. The Labute approximate surface area is 178 Å². The maximum atomic E-state index is 13.0. The Hall–Kier alpha value is -2.88. The molecule has 0 fully saturated rings. The van der Waals surface area contributed by atoms with E-state index in [1.54, 1.807) is 6.07 Å². The van der Waals surface area contributed by atoms with Crippen molar-refractivity contribution in [2.24, 2.45) is 17.6 Å². The van der Waals surface area contributed by atoms with E-state index in [-0.39, 0.29) is 23.7 Å². The first-order valence-corrected chi connectivity index (χ1v) is 10.0. The highest BCUT2D eigenvalue weighted by Crippen LogP contribution is 2.55. The van der Waals surface area contributed by atoms with Crippen LogP contribution in [0.4, 0.5) is 0 Å². The number of benzene rings is 1. The number of fused-ring (bicyclic) bond motifs is 3. The topological polar surface area (TPSA) is 165 Å². The molecule has 0 radical (unpaired) electrons. The van der Waals surface area contributed by atoms with Crippen molar-refractivity contribution in [3.63, 3.8) is 0 Å². The highest BCUT2D eigenvalue weighted by molar-refractivity contribution is 6.22. The largest absolute Gasteiger partial charge is 0.509 e. The van der Waals surface area contributed by atoms with E-state index in [0.717, 1.165) is 5.56 Å². The Morgan fingerprint density at radius 2 is 1.84 bits per heavy atom. The number of hydrogen-bond acceptors (Lipinski definition) is 8. The lowest BCUT2D eigenvalue weighted by molar-refractivity contribution is -0.152. The highest BCUT2D eigenvalue weighted by atomic mass is 16.4. The van der Waals surface area contributed by atoms with E-state index in [0.29, 0.717) is 5.56 Å². The first-order chi connectivity index (χ1) is 14.4. The molecule has 0 unspecified atom stereocenters. The Balaban J connectivity index is 2.03. The summed E-state index contributed by atoms with van der Waals surface area (Å²) in [5.74, 6) is -6.16. The molecular weight excluding hydrogens is 404 g/mol. The van der Waals surface area contributed by atoms with Gasteiger partial charge in [0.15, 0.2) is 11.4 Å². The number of rotatable bonds is 2. The van der Waals surface area contributed by atoms with Crippen LogP contribution in [-0.4, -0.2) is 74.0 Å². The second kappa shape index (κ2) is 6.81. The van der Waals surface area contributed by atoms with Gasteiger partial charge in [-0.15, -0.1) is 0 Å². The monoisotopic (exact) mass is 430 g/mol. The van der Waals surface area contributed by atoms with Crippen LogP contribution in [0, 0.1) is 11.8 Å². The number of nitrogens with two attached hydrogens (primary N) is 1.